The van der Waals surface area contributed by atoms with E-state index in [4.69, 9.17) is 14.0 Å². The van der Waals surface area contributed by atoms with E-state index >= 15 is 0 Å². The Labute approximate surface area is 169 Å². The summed E-state index contributed by atoms with van der Waals surface area (Å²) in [6.07, 6.45) is 1.60. The Morgan fingerprint density at radius 2 is 1.76 bits per heavy atom. The van der Waals surface area contributed by atoms with Crippen LogP contribution in [0.1, 0.15) is 34.9 Å². The number of rotatable bonds is 5. The molecule has 2 aromatic carbocycles. The van der Waals surface area contributed by atoms with Crippen LogP contribution in [0.2, 0.25) is 0 Å². The van der Waals surface area contributed by atoms with Gasteiger partial charge in [0, 0.05) is 30.1 Å². The van der Waals surface area contributed by atoms with Crippen molar-refractivity contribution in [3.05, 3.63) is 59.9 Å². The summed E-state index contributed by atoms with van der Waals surface area (Å²) in [5.74, 6) is 2.57. The number of amides is 1. The Kier molecular flexibility index (Phi) is 5.46. The number of carbonyl (C=O) groups is 1. The van der Waals surface area contributed by atoms with Gasteiger partial charge in [0.25, 0.3) is 11.8 Å². The second-order valence-electron chi connectivity index (χ2n) is 6.96. The van der Waals surface area contributed by atoms with Crippen LogP contribution in [0, 0.1) is 0 Å². The SMILES string of the molecule is COc1ccc(C(=O)N2CCC(c3noc(-c4ccccc4)n3)CC2)cc1OC. The Morgan fingerprint density at radius 3 is 2.45 bits per heavy atom. The van der Waals surface area contributed by atoms with Crippen molar-refractivity contribution in [2.75, 3.05) is 27.3 Å². The number of likely N-dealkylation sites (tertiary alicyclic amines) is 1. The number of nitrogens with zero attached hydrogens (tertiary/aromatic N) is 3. The molecule has 3 aromatic rings. The minimum Gasteiger partial charge on any atom is -0.493 e. The highest BCUT2D eigenvalue weighted by Gasteiger charge is 2.28. The number of hydrogen-bond donors (Lipinski definition) is 0. The molecule has 0 bridgehead atoms. The maximum Gasteiger partial charge on any atom is 0.257 e. The minimum atomic E-state index is -0.0116. The summed E-state index contributed by atoms with van der Waals surface area (Å²) in [4.78, 5) is 19.3. The molecule has 1 aliphatic rings. The fourth-order valence-corrected chi connectivity index (χ4v) is 3.59. The summed E-state index contributed by atoms with van der Waals surface area (Å²) in [5, 5.41) is 4.17. The van der Waals surface area contributed by atoms with Crippen LogP contribution in [-0.2, 0) is 0 Å². The highest BCUT2D eigenvalue weighted by Crippen LogP contribution is 2.31. The molecule has 1 fully saturated rings. The van der Waals surface area contributed by atoms with E-state index in [0.717, 1.165) is 18.4 Å². The van der Waals surface area contributed by atoms with Gasteiger partial charge in [0.05, 0.1) is 14.2 Å². The maximum atomic E-state index is 12.9. The largest absolute Gasteiger partial charge is 0.493 e. The monoisotopic (exact) mass is 393 g/mol. The van der Waals surface area contributed by atoms with E-state index in [1.807, 2.05) is 35.2 Å². The molecule has 1 saturated heterocycles. The van der Waals surface area contributed by atoms with Gasteiger partial charge in [-0.2, -0.15) is 4.98 Å². The summed E-state index contributed by atoms with van der Waals surface area (Å²) < 4.78 is 16.0. The second-order valence-corrected chi connectivity index (χ2v) is 6.96. The van der Waals surface area contributed by atoms with E-state index in [9.17, 15) is 4.79 Å². The summed E-state index contributed by atoms with van der Waals surface area (Å²) in [5.41, 5.74) is 1.50. The fourth-order valence-electron chi connectivity index (χ4n) is 3.59. The quantitative estimate of drug-likeness (QED) is 0.657. The normalized spacial score (nSPS) is 14.6. The van der Waals surface area contributed by atoms with Crippen molar-refractivity contribution in [3.8, 4) is 23.0 Å². The van der Waals surface area contributed by atoms with Gasteiger partial charge in [0.1, 0.15) is 0 Å². The van der Waals surface area contributed by atoms with Crippen molar-refractivity contribution in [2.24, 2.45) is 0 Å². The van der Waals surface area contributed by atoms with E-state index in [2.05, 4.69) is 10.1 Å². The maximum absolute atomic E-state index is 12.9. The van der Waals surface area contributed by atoms with Gasteiger partial charge in [-0.3, -0.25) is 4.79 Å². The van der Waals surface area contributed by atoms with E-state index in [1.165, 1.54) is 0 Å². The smallest absolute Gasteiger partial charge is 0.257 e. The number of hydrogen-bond acceptors (Lipinski definition) is 6. The standard InChI is InChI=1S/C22H23N3O4/c1-27-18-9-8-17(14-19(18)28-2)22(26)25-12-10-15(11-13-25)20-23-21(29-24-20)16-6-4-3-5-7-16/h3-9,14-15H,10-13H2,1-2H3. The van der Waals surface area contributed by atoms with E-state index in [0.29, 0.717) is 41.9 Å². The molecule has 29 heavy (non-hydrogen) atoms. The van der Waals surface area contributed by atoms with Crippen molar-refractivity contribution < 1.29 is 18.8 Å². The zero-order chi connectivity index (χ0) is 20.2. The van der Waals surface area contributed by atoms with Crippen molar-refractivity contribution in [3.63, 3.8) is 0 Å². The first-order valence-corrected chi connectivity index (χ1v) is 9.60. The Balaban J connectivity index is 1.41. The van der Waals surface area contributed by atoms with Crippen molar-refractivity contribution in [1.82, 2.24) is 15.0 Å². The lowest BCUT2D eigenvalue weighted by molar-refractivity contribution is 0.0710. The summed E-state index contributed by atoms with van der Waals surface area (Å²) >= 11 is 0. The predicted octanol–water partition coefficient (Wildman–Crippen LogP) is 3.77. The third-order valence-corrected chi connectivity index (χ3v) is 5.24. The highest BCUT2D eigenvalue weighted by molar-refractivity contribution is 5.95. The van der Waals surface area contributed by atoms with Crippen LogP contribution in [-0.4, -0.2) is 48.3 Å². The van der Waals surface area contributed by atoms with Gasteiger partial charge in [-0.25, -0.2) is 0 Å². The lowest BCUT2D eigenvalue weighted by Gasteiger charge is -2.30. The van der Waals surface area contributed by atoms with Gasteiger partial charge >= 0.3 is 0 Å². The summed E-state index contributed by atoms with van der Waals surface area (Å²) in [7, 11) is 3.14. The number of ether oxygens (including phenoxy) is 2. The number of aromatic nitrogens is 2. The number of methoxy groups -OCH3 is 2. The van der Waals surface area contributed by atoms with Crippen LogP contribution in [0.25, 0.3) is 11.5 Å². The van der Waals surface area contributed by atoms with Crippen LogP contribution < -0.4 is 9.47 Å². The topological polar surface area (TPSA) is 77.7 Å². The molecular weight excluding hydrogens is 370 g/mol. The third kappa shape index (κ3) is 3.94. The molecule has 150 valence electrons. The lowest BCUT2D eigenvalue weighted by atomic mass is 9.95. The number of piperidine rings is 1. The first-order valence-electron chi connectivity index (χ1n) is 9.60. The molecule has 0 unspecified atom stereocenters. The predicted molar refractivity (Wildman–Crippen MR) is 107 cm³/mol. The molecule has 2 heterocycles. The molecule has 7 nitrogen and oxygen atoms in total. The molecule has 4 rings (SSSR count). The minimum absolute atomic E-state index is 0.0116. The van der Waals surface area contributed by atoms with Crippen LogP contribution in [0.5, 0.6) is 11.5 Å². The van der Waals surface area contributed by atoms with E-state index in [1.54, 1.807) is 32.4 Å². The summed E-state index contributed by atoms with van der Waals surface area (Å²) in [6, 6.07) is 15.0. The molecule has 7 heteroatoms. The average molecular weight is 393 g/mol. The molecular formula is C22H23N3O4. The van der Waals surface area contributed by atoms with Gasteiger partial charge in [-0.05, 0) is 43.2 Å². The Morgan fingerprint density at radius 1 is 1.03 bits per heavy atom. The Bertz CT molecular complexity index is 979. The van der Waals surface area contributed by atoms with Crippen molar-refractivity contribution in [1.29, 1.82) is 0 Å². The van der Waals surface area contributed by atoms with Gasteiger partial charge < -0.3 is 18.9 Å². The average Bonchev–Trinajstić information content (AvgIpc) is 3.29. The molecule has 0 spiro atoms. The fraction of sp³-hybridized carbons (Fsp3) is 0.318. The first kappa shape index (κ1) is 19.0. The van der Waals surface area contributed by atoms with Crippen LogP contribution in [0.4, 0.5) is 0 Å². The van der Waals surface area contributed by atoms with Gasteiger partial charge in [0.2, 0.25) is 0 Å². The van der Waals surface area contributed by atoms with Crippen molar-refractivity contribution in [2.45, 2.75) is 18.8 Å². The van der Waals surface area contributed by atoms with Crippen LogP contribution in [0.3, 0.4) is 0 Å². The van der Waals surface area contributed by atoms with Gasteiger partial charge in [0.15, 0.2) is 17.3 Å². The van der Waals surface area contributed by atoms with E-state index in [-0.39, 0.29) is 11.8 Å². The molecule has 0 N–H and O–H groups in total. The lowest BCUT2D eigenvalue weighted by Crippen LogP contribution is -2.38. The Hall–Kier alpha value is -3.35. The van der Waals surface area contributed by atoms with Crippen LogP contribution >= 0.6 is 0 Å². The zero-order valence-corrected chi connectivity index (χ0v) is 16.5. The zero-order valence-electron chi connectivity index (χ0n) is 16.5. The molecule has 1 aromatic heterocycles. The van der Waals surface area contributed by atoms with Gasteiger partial charge in [-0.1, -0.05) is 23.4 Å². The molecule has 1 amide bonds. The molecule has 0 radical (unpaired) electrons. The van der Waals surface area contributed by atoms with Gasteiger partial charge in [-0.15, -0.1) is 0 Å². The number of carbonyl (C=O) groups excluding carboxylic acids is 1. The molecule has 1 aliphatic heterocycles. The molecule has 0 atom stereocenters. The third-order valence-electron chi connectivity index (χ3n) is 5.24. The molecule has 0 saturated carbocycles. The van der Waals surface area contributed by atoms with Crippen molar-refractivity contribution >= 4 is 5.91 Å². The second kappa shape index (κ2) is 8.34. The van der Waals surface area contributed by atoms with Crippen LogP contribution in [0.15, 0.2) is 53.1 Å². The first-order chi connectivity index (χ1) is 14.2. The number of benzene rings is 2. The van der Waals surface area contributed by atoms with E-state index < -0.39 is 0 Å². The molecule has 0 aliphatic carbocycles. The summed E-state index contributed by atoms with van der Waals surface area (Å²) in [6.45, 7) is 1.29. The highest BCUT2D eigenvalue weighted by atomic mass is 16.5.